The number of rotatable bonds is 5. The van der Waals surface area contributed by atoms with Gasteiger partial charge < -0.3 is 10.0 Å². The molecule has 2 rings (SSSR count). The lowest BCUT2D eigenvalue weighted by Gasteiger charge is -2.26. The molecule has 1 aliphatic heterocycles. The lowest BCUT2D eigenvalue weighted by molar-refractivity contribution is -0.136. The Morgan fingerprint density at radius 2 is 2.23 bits per heavy atom. The first-order valence-electron chi connectivity index (χ1n) is 7.32. The highest BCUT2D eigenvalue weighted by Gasteiger charge is 2.37. The van der Waals surface area contributed by atoms with Crippen molar-refractivity contribution in [3.8, 4) is 0 Å². The van der Waals surface area contributed by atoms with Crippen LogP contribution >= 0.6 is 0 Å². The van der Waals surface area contributed by atoms with Crippen LogP contribution in [0.5, 0.6) is 0 Å². The number of hydrogen-bond acceptors (Lipinski definition) is 3. The molecule has 1 aromatic carbocycles. The van der Waals surface area contributed by atoms with Gasteiger partial charge in [-0.25, -0.2) is 4.39 Å². The number of likely N-dealkylation sites (tertiary alicyclic amines) is 1. The van der Waals surface area contributed by atoms with Crippen LogP contribution in [0.2, 0.25) is 0 Å². The average molecular weight is 308 g/mol. The van der Waals surface area contributed by atoms with Crippen molar-refractivity contribution >= 4 is 11.9 Å². The largest absolute Gasteiger partial charge is 0.480 e. The quantitative estimate of drug-likeness (QED) is 0.867. The van der Waals surface area contributed by atoms with Crippen LogP contribution in [0, 0.1) is 5.82 Å². The van der Waals surface area contributed by atoms with Gasteiger partial charge in [-0.2, -0.15) is 0 Å². The standard InChI is InChI=1S/C16H21FN2O3/c1-11(12-4-3-5-13(17)8-12)15(22)19-7-6-16(2,10-19)18-9-14(20)21/h3-5,8,11,18H,6-7,9-10H2,1-2H3,(H,20,21). The minimum absolute atomic E-state index is 0.0635. The van der Waals surface area contributed by atoms with Crippen LogP contribution in [-0.2, 0) is 9.59 Å². The molecule has 1 saturated heterocycles. The second-order valence-electron chi connectivity index (χ2n) is 6.09. The number of carboxylic acids is 1. The topological polar surface area (TPSA) is 69.6 Å². The molecule has 2 N–H and O–H groups in total. The summed E-state index contributed by atoms with van der Waals surface area (Å²) in [5, 5.41) is 11.7. The third kappa shape index (κ3) is 3.82. The van der Waals surface area contributed by atoms with E-state index in [1.807, 2.05) is 6.92 Å². The van der Waals surface area contributed by atoms with E-state index in [9.17, 15) is 14.0 Å². The van der Waals surface area contributed by atoms with Crippen LogP contribution in [0.3, 0.4) is 0 Å². The molecule has 5 nitrogen and oxygen atoms in total. The molecule has 22 heavy (non-hydrogen) atoms. The van der Waals surface area contributed by atoms with Crippen molar-refractivity contribution in [3.05, 3.63) is 35.6 Å². The van der Waals surface area contributed by atoms with Gasteiger partial charge in [0.15, 0.2) is 0 Å². The predicted octanol–water partition coefficient (Wildman–Crippen LogP) is 1.59. The number of carbonyl (C=O) groups is 2. The second kappa shape index (κ2) is 6.44. The molecule has 1 heterocycles. The highest BCUT2D eigenvalue weighted by molar-refractivity contribution is 5.83. The second-order valence-corrected chi connectivity index (χ2v) is 6.09. The minimum Gasteiger partial charge on any atom is -0.480 e. The summed E-state index contributed by atoms with van der Waals surface area (Å²) in [5.41, 5.74) is 0.257. The summed E-state index contributed by atoms with van der Waals surface area (Å²) in [5.74, 6) is -1.75. The number of nitrogens with zero attached hydrogens (tertiary/aromatic N) is 1. The SMILES string of the molecule is CC(C(=O)N1CCC(C)(NCC(=O)O)C1)c1cccc(F)c1. The molecule has 6 heteroatoms. The Balaban J connectivity index is 2.00. The molecule has 0 aromatic heterocycles. The summed E-state index contributed by atoms with van der Waals surface area (Å²) < 4.78 is 13.3. The minimum atomic E-state index is -0.917. The first kappa shape index (κ1) is 16.4. The van der Waals surface area contributed by atoms with E-state index >= 15 is 0 Å². The van der Waals surface area contributed by atoms with Gasteiger partial charge >= 0.3 is 5.97 Å². The predicted molar refractivity (Wildman–Crippen MR) is 80.1 cm³/mol. The molecule has 1 amide bonds. The van der Waals surface area contributed by atoms with Crippen molar-refractivity contribution in [1.82, 2.24) is 10.2 Å². The van der Waals surface area contributed by atoms with E-state index in [0.29, 0.717) is 25.1 Å². The summed E-state index contributed by atoms with van der Waals surface area (Å²) >= 11 is 0. The van der Waals surface area contributed by atoms with E-state index in [1.165, 1.54) is 12.1 Å². The summed E-state index contributed by atoms with van der Waals surface area (Å²) in [6.07, 6.45) is 0.696. The number of amides is 1. The zero-order chi connectivity index (χ0) is 16.3. The van der Waals surface area contributed by atoms with Crippen molar-refractivity contribution in [3.63, 3.8) is 0 Å². The third-order valence-electron chi connectivity index (χ3n) is 4.17. The number of halogens is 1. The number of nitrogens with one attached hydrogen (secondary N) is 1. The fraction of sp³-hybridized carbons (Fsp3) is 0.500. The number of carbonyl (C=O) groups excluding carboxylic acids is 1. The van der Waals surface area contributed by atoms with E-state index < -0.39 is 17.4 Å². The molecule has 1 aromatic rings. The van der Waals surface area contributed by atoms with Crippen LogP contribution in [0.1, 0.15) is 31.7 Å². The molecule has 0 radical (unpaired) electrons. The molecule has 0 spiro atoms. The van der Waals surface area contributed by atoms with E-state index in [1.54, 1.807) is 24.0 Å². The monoisotopic (exact) mass is 308 g/mol. The molecular formula is C16H21FN2O3. The van der Waals surface area contributed by atoms with E-state index in [4.69, 9.17) is 5.11 Å². The fourth-order valence-corrected chi connectivity index (χ4v) is 2.77. The van der Waals surface area contributed by atoms with Crippen LogP contribution in [0.15, 0.2) is 24.3 Å². The van der Waals surface area contributed by atoms with E-state index in [2.05, 4.69) is 5.32 Å². The van der Waals surface area contributed by atoms with Crippen LogP contribution < -0.4 is 5.32 Å². The molecular weight excluding hydrogens is 287 g/mol. The maximum absolute atomic E-state index is 13.3. The lowest BCUT2D eigenvalue weighted by atomic mass is 9.99. The first-order chi connectivity index (χ1) is 10.3. The number of benzene rings is 1. The third-order valence-corrected chi connectivity index (χ3v) is 4.17. The molecule has 2 unspecified atom stereocenters. The van der Waals surface area contributed by atoms with Gasteiger partial charge in [-0.15, -0.1) is 0 Å². The zero-order valence-corrected chi connectivity index (χ0v) is 12.8. The molecule has 0 saturated carbocycles. The Bertz CT molecular complexity index is 578. The van der Waals surface area contributed by atoms with Crippen LogP contribution in [0.25, 0.3) is 0 Å². The number of hydrogen-bond donors (Lipinski definition) is 2. The van der Waals surface area contributed by atoms with Gasteiger partial charge in [0.25, 0.3) is 0 Å². The summed E-state index contributed by atoms with van der Waals surface area (Å²) in [6, 6.07) is 6.06. The highest BCUT2D eigenvalue weighted by Crippen LogP contribution is 2.26. The van der Waals surface area contributed by atoms with Gasteiger partial charge in [-0.3, -0.25) is 14.9 Å². The lowest BCUT2D eigenvalue weighted by Crippen LogP contribution is -2.47. The van der Waals surface area contributed by atoms with Crippen molar-refractivity contribution in [2.24, 2.45) is 0 Å². The summed E-state index contributed by atoms with van der Waals surface area (Å²) in [6.45, 7) is 4.58. The zero-order valence-electron chi connectivity index (χ0n) is 12.8. The van der Waals surface area contributed by atoms with Gasteiger partial charge in [0.1, 0.15) is 5.82 Å². The van der Waals surface area contributed by atoms with Gasteiger partial charge in [-0.05, 0) is 38.0 Å². The average Bonchev–Trinajstić information content (AvgIpc) is 2.87. The Labute approximate surface area is 129 Å². The number of aliphatic carboxylic acids is 1. The van der Waals surface area contributed by atoms with Gasteiger partial charge in [0, 0.05) is 18.6 Å². The van der Waals surface area contributed by atoms with E-state index in [-0.39, 0.29) is 18.3 Å². The smallest absolute Gasteiger partial charge is 0.317 e. The molecule has 1 aliphatic rings. The Morgan fingerprint density at radius 3 is 2.86 bits per heavy atom. The van der Waals surface area contributed by atoms with Crippen molar-refractivity contribution in [2.75, 3.05) is 19.6 Å². The Kier molecular flexibility index (Phi) is 4.81. The summed E-state index contributed by atoms with van der Waals surface area (Å²) in [7, 11) is 0. The van der Waals surface area contributed by atoms with Gasteiger partial charge in [0.05, 0.1) is 12.5 Å². The Morgan fingerprint density at radius 1 is 1.50 bits per heavy atom. The Hall–Kier alpha value is -1.95. The molecule has 0 bridgehead atoms. The summed E-state index contributed by atoms with van der Waals surface area (Å²) in [4.78, 5) is 24.9. The van der Waals surface area contributed by atoms with Crippen molar-refractivity contribution < 1.29 is 19.1 Å². The maximum Gasteiger partial charge on any atom is 0.317 e. The van der Waals surface area contributed by atoms with Crippen LogP contribution in [-0.4, -0.2) is 47.1 Å². The van der Waals surface area contributed by atoms with Gasteiger partial charge in [-0.1, -0.05) is 12.1 Å². The van der Waals surface area contributed by atoms with E-state index in [0.717, 1.165) is 0 Å². The number of carboxylic acid groups (broad SMARTS) is 1. The fourth-order valence-electron chi connectivity index (χ4n) is 2.77. The van der Waals surface area contributed by atoms with Gasteiger partial charge in [0.2, 0.25) is 5.91 Å². The molecule has 1 fully saturated rings. The molecule has 2 atom stereocenters. The van der Waals surface area contributed by atoms with Crippen LogP contribution in [0.4, 0.5) is 4.39 Å². The maximum atomic E-state index is 13.3. The van der Waals surface area contributed by atoms with Crippen molar-refractivity contribution in [2.45, 2.75) is 31.7 Å². The first-order valence-corrected chi connectivity index (χ1v) is 7.32. The molecule has 0 aliphatic carbocycles. The normalized spacial score (nSPS) is 22.6. The highest BCUT2D eigenvalue weighted by atomic mass is 19.1. The molecule has 120 valence electrons. The van der Waals surface area contributed by atoms with Crippen molar-refractivity contribution in [1.29, 1.82) is 0 Å².